The molecule has 4 N–H and O–H groups in total. The summed E-state index contributed by atoms with van der Waals surface area (Å²) >= 11 is 6.38. The molecular formula is C20H16ClN5O. The zero-order valence-electron chi connectivity index (χ0n) is 14.3. The van der Waals surface area contributed by atoms with Gasteiger partial charge in [-0.25, -0.2) is 9.97 Å². The average molecular weight is 378 g/mol. The van der Waals surface area contributed by atoms with Gasteiger partial charge in [-0.05, 0) is 42.5 Å². The lowest BCUT2D eigenvalue weighted by molar-refractivity contribution is 0.306. The standard InChI is InChI=1S/C20H16ClN5O/c21-16-8-13(3-6-18(16)27-11-12-2-1-7-24-10-12)20-25-17-5-4-14(22)9-15(17)19(23)26-20/h1-10H,11,22H2,(H2,23,25,26). The molecule has 0 bridgehead atoms. The van der Waals surface area contributed by atoms with E-state index in [4.69, 9.17) is 27.8 Å². The zero-order chi connectivity index (χ0) is 18.8. The molecule has 134 valence electrons. The van der Waals surface area contributed by atoms with Crippen LogP contribution in [0.4, 0.5) is 11.5 Å². The summed E-state index contributed by atoms with van der Waals surface area (Å²) < 4.78 is 5.77. The number of rotatable bonds is 4. The summed E-state index contributed by atoms with van der Waals surface area (Å²) in [6.07, 6.45) is 3.47. The Morgan fingerprint density at radius 3 is 2.67 bits per heavy atom. The lowest BCUT2D eigenvalue weighted by atomic mass is 10.1. The van der Waals surface area contributed by atoms with Crippen LogP contribution in [-0.4, -0.2) is 15.0 Å². The van der Waals surface area contributed by atoms with Gasteiger partial charge >= 0.3 is 0 Å². The van der Waals surface area contributed by atoms with Crippen molar-refractivity contribution in [3.8, 4) is 17.1 Å². The summed E-state index contributed by atoms with van der Waals surface area (Å²) in [5, 5.41) is 1.19. The van der Waals surface area contributed by atoms with Crippen molar-refractivity contribution in [3.05, 3.63) is 71.5 Å². The van der Waals surface area contributed by atoms with Gasteiger partial charge < -0.3 is 16.2 Å². The van der Waals surface area contributed by atoms with E-state index in [9.17, 15) is 0 Å². The molecule has 27 heavy (non-hydrogen) atoms. The molecule has 4 rings (SSSR count). The summed E-state index contributed by atoms with van der Waals surface area (Å²) in [4.78, 5) is 13.0. The first-order valence-corrected chi connectivity index (χ1v) is 8.62. The monoisotopic (exact) mass is 377 g/mol. The van der Waals surface area contributed by atoms with Crippen molar-refractivity contribution in [2.75, 3.05) is 11.5 Å². The molecule has 0 spiro atoms. The highest BCUT2D eigenvalue weighted by Crippen LogP contribution is 2.31. The maximum Gasteiger partial charge on any atom is 0.162 e. The van der Waals surface area contributed by atoms with Crippen LogP contribution in [0.3, 0.4) is 0 Å². The Morgan fingerprint density at radius 2 is 1.89 bits per heavy atom. The molecule has 0 saturated carbocycles. The summed E-state index contributed by atoms with van der Waals surface area (Å²) in [6, 6.07) is 14.6. The van der Waals surface area contributed by atoms with E-state index in [1.807, 2.05) is 24.3 Å². The number of benzene rings is 2. The molecule has 0 fully saturated rings. The number of fused-ring (bicyclic) bond motifs is 1. The number of nitrogen functional groups attached to an aromatic ring is 2. The molecule has 7 heteroatoms. The van der Waals surface area contributed by atoms with Crippen molar-refractivity contribution in [1.82, 2.24) is 15.0 Å². The predicted molar refractivity (Wildman–Crippen MR) is 107 cm³/mol. The van der Waals surface area contributed by atoms with E-state index < -0.39 is 0 Å². The maximum absolute atomic E-state index is 6.38. The normalized spacial score (nSPS) is 10.9. The second kappa shape index (κ2) is 7.09. The van der Waals surface area contributed by atoms with Crippen LogP contribution in [0.15, 0.2) is 60.9 Å². The number of hydrogen-bond acceptors (Lipinski definition) is 6. The van der Waals surface area contributed by atoms with Crippen LogP contribution >= 0.6 is 11.6 Å². The van der Waals surface area contributed by atoms with Gasteiger partial charge in [0.25, 0.3) is 0 Å². The van der Waals surface area contributed by atoms with Crippen molar-refractivity contribution < 1.29 is 4.74 Å². The van der Waals surface area contributed by atoms with Crippen molar-refractivity contribution in [2.45, 2.75) is 6.61 Å². The number of aromatic nitrogens is 3. The number of pyridine rings is 1. The van der Waals surface area contributed by atoms with E-state index in [2.05, 4.69) is 15.0 Å². The van der Waals surface area contributed by atoms with Crippen molar-refractivity contribution in [3.63, 3.8) is 0 Å². The Labute approximate surface area is 160 Å². The second-order valence-corrected chi connectivity index (χ2v) is 6.41. The van der Waals surface area contributed by atoms with Crippen LogP contribution in [0.2, 0.25) is 5.02 Å². The smallest absolute Gasteiger partial charge is 0.162 e. The van der Waals surface area contributed by atoms with E-state index in [0.29, 0.717) is 34.7 Å². The fourth-order valence-electron chi connectivity index (χ4n) is 2.70. The van der Waals surface area contributed by atoms with Crippen LogP contribution in [-0.2, 0) is 6.61 Å². The van der Waals surface area contributed by atoms with Crippen LogP contribution in [0, 0.1) is 0 Å². The highest BCUT2D eigenvalue weighted by molar-refractivity contribution is 6.32. The van der Waals surface area contributed by atoms with Crippen LogP contribution in [0.5, 0.6) is 5.75 Å². The van der Waals surface area contributed by atoms with E-state index in [-0.39, 0.29) is 0 Å². The number of halogens is 1. The Kier molecular flexibility index (Phi) is 4.48. The van der Waals surface area contributed by atoms with Gasteiger partial charge in [0.1, 0.15) is 18.2 Å². The third-order valence-electron chi connectivity index (χ3n) is 4.06. The summed E-state index contributed by atoms with van der Waals surface area (Å²) in [5.41, 5.74) is 14.9. The van der Waals surface area contributed by atoms with Gasteiger partial charge in [-0.2, -0.15) is 0 Å². The van der Waals surface area contributed by atoms with Crippen LogP contribution in [0.1, 0.15) is 5.56 Å². The van der Waals surface area contributed by atoms with Gasteiger partial charge in [0.15, 0.2) is 5.82 Å². The van der Waals surface area contributed by atoms with Gasteiger partial charge in [0.2, 0.25) is 0 Å². The molecular weight excluding hydrogens is 362 g/mol. The molecule has 0 atom stereocenters. The molecule has 2 aromatic heterocycles. The SMILES string of the molecule is Nc1ccc2nc(-c3ccc(OCc4cccnc4)c(Cl)c3)nc(N)c2c1. The molecule has 0 saturated heterocycles. The second-order valence-electron chi connectivity index (χ2n) is 6.00. The fourth-order valence-corrected chi connectivity index (χ4v) is 2.94. The molecule has 0 aliphatic heterocycles. The van der Waals surface area contributed by atoms with Gasteiger partial charge in [-0.1, -0.05) is 17.7 Å². The van der Waals surface area contributed by atoms with Crippen LogP contribution < -0.4 is 16.2 Å². The minimum atomic E-state index is 0.371. The summed E-state index contributed by atoms with van der Waals surface area (Å²) in [5.74, 6) is 1.44. The molecule has 0 amide bonds. The Hall–Kier alpha value is -3.38. The lowest BCUT2D eigenvalue weighted by Crippen LogP contribution is -1.99. The minimum absolute atomic E-state index is 0.371. The highest BCUT2D eigenvalue weighted by Gasteiger charge is 2.11. The van der Waals surface area contributed by atoms with Crippen molar-refractivity contribution in [1.29, 1.82) is 0 Å². The summed E-state index contributed by atoms with van der Waals surface area (Å²) in [6.45, 7) is 0.383. The lowest BCUT2D eigenvalue weighted by Gasteiger charge is -2.10. The van der Waals surface area contributed by atoms with E-state index in [1.54, 1.807) is 36.7 Å². The van der Waals surface area contributed by atoms with Gasteiger partial charge in [-0.15, -0.1) is 0 Å². The largest absolute Gasteiger partial charge is 0.487 e. The molecule has 6 nitrogen and oxygen atoms in total. The van der Waals surface area contributed by atoms with Crippen molar-refractivity contribution >= 4 is 34.0 Å². The maximum atomic E-state index is 6.38. The number of ether oxygens (including phenoxy) is 1. The molecule has 0 unspecified atom stereocenters. The number of hydrogen-bond donors (Lipinski definition) is 2. The van der Waals surface area contributed by atoms with E-state index >= 15 is 0 Å². The predicted octanol–water partition coefficient (Wildman–Crippen LogP) is 4.09. The van der Waals surface area contributed by atoms with E-state index in [1.165, 1.54) is 0 Å². The molecule has 4 aromatic rings. The average Bonchev–Trinajstić information content (AvgIpc) is 2.68. The molecule has 0 aliphatic carbocycles. The van der Waals surface area contributed by atoms with Gasteiger partial charge in [0, 0.05) is 34.6 Å². The van der Waals surface area contributed by atoms with Crippen molar-refractivity contribution in [2.24, 2.45) is 0 Å². The Morgan fingerprint density at radius 1 is 1.00 bits per heavy atom. The van der Waals surface area contributed by atoms with E-state index in [0.717, 1.165) is 22.0 Å². The molecule has 0 radical (unpaired) electrons. The van der Waals surface area contributed by atoms with Gasteiger partial charge in [0.05, 0.1) is 10.5 Å². The zero-order valence-corrected chi connectivity index (χ0v) is 15.0. The first kappa shape index (κ1) is 17.1. The Bertz CT molecular complexity index is 1120. The number of anilines is 2. The third-order valence-corrected chi connectivity index (χ3v) is 4.35. The molecule has 2 heterocycles. The number of nitrogens with zero attached hydrogens (tertiary/aromatic N) is 3. The first-order chi connectivity index (χ1) is 13.1. The fraction of sp³-hybridized carbons (Fsp3) is 0.0500. The quantitative estimate of drug-likeness (QED) is 0.519. The Balaban J connectivity index is 1.62. The third kappa shape index (κ3) is 3.61. The van der Waals surface area contributed by atoms with Gasteiger partial charge in [-0.3, -0.25) is 4.98 Å². The first-order valence-electron chi connectivity index (χ1n) is 8.24. The minimum Gasteiger partial charge on any atom is -0.487 e. The topological polar surface area (TPSA) is 99.9 Å². The van der Waals surface area contributed by atoms with Crippen LogP contribution in [0.25, 0.3) is 22.3 Å². The summed E-state index contributed by atoms with van der Waals surface area (Å²) in [7, 11) is 0. The molecule has 0 aliphatic rings. The molecule has 2 aromatic carbocycles. The number of nitrogens with two attached hydrogens (primary N) is 2. The highest BCUT2D eigenvalue weighted by atomic mass is 35.5.